The molecule has 0 unspecified atom stereocenters. The number of hydrogen-bond acceptors (Lipinski definition) is 5. The van der Waals surface area contributed by atoms with E-state index in [9.17, 15) is 4.79 Å². The molecule has 2 N–H and O–H groups in total. The van der Waals surface area contributed by atoms with Crippen molar-refractivity contribution >= 4 is 29.7 Å². The lowest BCUT2D eigenvalue weighted by molar-refractivity contribution is 0.0948. The van der Waals surface area contributed by atoms with Crippen LogP contribution in [0.1, 0.15) is 40.6 Å². The molecule has 0 aliphatic carbocycles. The molecule has 3 heterocycles. The Balaban J connectivity index is 0.00000192. The van der Waals surface area contributed by atoms with Gasteiger partial charge in [0.2, 0.25) is 0 Å². The minimum absolute atomic E-state index is 0. The van der Waals surface area contributed by atoms with Gasteiger partial charge in [0, 0.05) is 6.54 Å². The number of piperidine rings is 1. The first kappa shape index (κ1) is 17.9. The fraction of sp³-hybridized carbons (Fsp3) is 0.533. The van der Waals surface area contributed by atoms with Gasteiger partial charge in [-0.15, -0.1) is 17.5 Å². The fourth-order valence-electron chi connectivity index (χ4n) is 2.79. The summed E-state index contributed by atoms with van der Waals surface area (Å²) in [5, 5.41) is 18.7. The maximum atomic E-state index is 12.3. The number of nitrogens with zero attached hydrogens (tertiary/aromatic N) is 3. The Hall–Kier alpha value is -1.44. The topological polar surface area (TPSA) is 71.8 Å². The van der Waals surface area contributed by atoms with Crippen molar-refractivity contribution in [1.29, 1.82) is 0 Å². The Morgan fingerprint density at radius 2 is 2.26 bits per heavy atom. The second kappa shape index (κ2) is 8.42. The number of hydrogen-bond donors (Lipinski definition) is 2. The molecule has 0 saturated carbocycles. The van der Waals surface area contributed by atoms with E-state index in [1.165, 1.54) is 5.56 Å². The number of nitrogens with one attached hydrogen (secondary N) is 2. The fourth-order valence-corrected chi connectivity index (χ4v) is 3.49. The maximum Gasteiger partial charge on any atom is 0.273 e. The van der Waals surface area contributed by atoms with E-state index in [2.05, 4.69) is 32.4 Å². The second-order valence-corrected chi connectivity index (χ2v) is 6.37. The van der Waals surface area contributed by atoms with Crippen LogP contribution in [0.3, 0.4) is 0 Å². The monoisotopic (exact) mass is 355 g/mol. The van der Waals surface area contributed by atoms with E-state index in [-0.39, 0.29) is 18.3 Å². The van der Waals surface area contributed by atoms with Crippen LogP contribution in [0.2, 0.25) is 0 Å². The molecule has 1 aliphatic heterocycles. The van der Waals surface area contributed by atoms with Gasteiger partial charge in [-0.2, -0.15) is 11.3 Å². The lowest BCUT2D eigenvalue weighted by Gasteiger charge is -2.23. The predicted molar refractivity (Wildman–Crippen MR) is 93.5 cm³/mol. The third kappa shape index (κ3) is 4.31. The molecular weight excluding hydrogens is 334 g/mol. The smallest absolute Gasteiger partial charge is 0.273 e. The Labute approximate surface area is 146 Å². The van der Waals surface area contributed by atoms with Crippen molar-refractivity contribution in [2.45, 2.75) is 32.2 Å². The van der Waals surface area contributed by atoms with Crippen molar-refractivity contribution in [3.05, 3.63) is 33.8 Å². The molecule has 0 spiro atoms. The predicted octanol–water partition coefficient (Wildman–Crippen LogP) is 1.97. The molecule has 1 aliphatic rings. The molecular formula is C15H22ClN5OS. The normalized spacial score (nSPS) is 15.2. The van der Waals surface area contributed by atoms with Gasteiger partial charge in [0.05, 0.1) is 11.7 Å². The largest absolute Gasteiger partial charge is 0.350 e. The first-order valence-corrected chi connectivity index (χ1v) is 8.62. The number of carbonyl (C=O) groups excluding carboxylic acids is 1. The molecule has 0 atom stereocenters. The van der Waals surface area contributed by atoms with E-state index < -0.39 is 0 Å². The van der Waals surface area contributed by atoms with Crippen molar-refractivity contribution in [2.24, 2.45) is 0 Å². The summed E-state index contributed by atoms with van der Waals surface area (Å²) in [6.45, 7) is 4.53. The third-order valence-electron chi connectivity index (χ3n) is 4.08. The van der Waals surface area contributed by atoms with Crippen molar-refractivity contribution in [3.8, 4) is 0 Å². The van der Waals surface area contributed by atoms with E-state index in [1.807, 2.05) is 17.0 Å². The molecule has 0 bridgehead atoms. The first-order chi connectivity index (χ1) is 10.8. The number of aromatic nitrogens is 3. The number of carbonyl (C=O) groups is 1. The molecule has 1 fully saturated rings. The van der Waals surface area contributed by atoms with Crippen LogP contribution in [0.5, 0.6) is 0 Å². The summed E-state index contributed by atoms with van der Waals surface area (Å²) in [5.74, 6) is -0.132. The Kier molecular flexibility index (Phi) is 6.56. The van der Waals surface area contributed by atoms with Crippen LogP contribution < -0.4 is 10.6 Å². The van der Waals surface area contributed by atoms with Crippen LogP contribution in [0.15, 0.2) is 16.8 Å². The van der Waals surface area contributed by atoms with Gasteiger partial charge in [-0.3, -0.25) is 4.79 Å². The first-order valence-electron chi connectivity index (χ1n) is 7.67. The summed E-state index contributed by atoms with van der Waals surface area (Å²) in [5.41, 5.74) is 2.56. The molecule has 6 nitrogen and oxygen atoms in total. The Bertz CT molecular complexity index is 622. The SMILES string of the molecule is Cc1c(C(=O)NCCc2ccsc2)nnn1C1CCNCC1.Cl. The quantitative estimate of drug-likeness (QED) is 0.860. The van der Waals surface area contributed by atoms with Gasteiger partial charge in [0.25, 0.3) is 5.91 Å². The third-order valence-corrected chi connectivity index (χ3v) is 4.81. The molecule has 8 heteroatoms. The molecule has 3 rings (SSSR count). The van der Waals surface area contributed by atoms with E-state index in [0.717, 1.165) is 38.0 Å². The summed E-state index contributed by atoms with van der Waals surface area (Å²) >= 11 is 1.67. The second-order valence-electron chi connectivity index (χ2n) is 5.59. The van der Waals surface area contributed by atoms with Gasteiger partial charge in [-0.25, -0.2) is 4.68 Å². The van der Waals surface area contributed by atoms with Gasteiger partial charge >= 0.3 is 0 Å². The summed E-state index contributed by atoms with van der Waals surface area (Å²) < 4.78 is 1.91. The van der Waals surface area contributed by atoms with Crippen molar-refractivity contribution in [2.75, 3.05) is 19.6 Å². The van der Waals surface area contributed by atoms with Gasteiger partial charge < -0.3 is 10.6 Å². The number of rotatable bonds is 5. The summed E-state index contributed by atoms with van der Waals surface area (Å²) in [6.07, 6.45) is 2.91. The molecule has 0 aromatic carbocycles. The average molecular weight is 356 g/mol. The average Bonchev–Trinajstić information content (AvgIpc) is 3.18. The molecule has 126 valence electrons. The molecule has 2 aromatic rings. The highest BCUT2D eigenvalue weighted by Gasteiger charge is 2.22. The molecule has 2 aromatic heterocycles. The summed E-state index contributed by atoms with van der Waals surface area (Å²) in [4.78, 5) is 12.3. The lowest BCUT2D eigenvalue weighted by Crippen LogP contribution is -2.30. The van der Waals surface area contributed by atoms with Crippen LogP contribution in [0.25, 0.3) is 0 Å². The van der Waals surface area contributed by atoms with Gasteiger partial charge in [-0.05, 0) is 61.7 Å². The van der Waals surface area contributed by atoms with Crippen LogP contribution >= 0.6 is 23.7 Å². The minimum Gasteiger partial charge on any atom is -0.350 e. The Morgan fingerprint density at radius 1 is 1.48 bits per heavy atom. The number of amides is 1. The number of halogens is 1. The molecule has 0 radical (unpaired) electrons. The lowest BCUT2D eigenvalue weighted by atomic mass is 10.1. The van der Waals surface area contributed by atoms with Gasteiger partial charge in [-0.1, -0.05) is 5.21 Å². The van der Waals surface area contributed by atoms with Gasteiger partial charge in [0.1, 0.15) is 0 Å². The van der Waals surface area contributed by atoms with Crippen LogP contribution in [0.4, 0.5) is 0 Å². The molecule has 23 heavy (non-hydrogen) atoms. The standard InChI is InChI=1S/C15H21N5OS.ClH/c1-11-14(15(21)17-8-2-12-5-9-22-10-12)18-19-20(11)13-3-6-16-7-4-13;/h5,9-10,13,16H,2-4,6-8H2,1H3,(H,17,21);1H. The highest BCUT2D eigenvalue weighted by Crippen LogP contribution is 2.20. The zero-order valence-electron chi connectivity index (χ0n) is 13.1. The van der Waals surface area contributed by atoms with E-state index in [0.29, 0.717) is 18.3 Å². The minimum atomic E-state index is -0.132. The van der Waals surface area contributed by atoms with Crippen LogP contribution in [-0.4, -0.2) is 40.5 Å². The van der Waals surface area contributed by atoms with Gasteiger partial charge in [0.15, 0.2) is 5.69 Å². The van der Waals surface area contributed by atoms with Crippen molar-refractivity contribution in [3.63, 3.8) is 0 Å². The van der Waals surface area contributed by atoms with Crippen LogP contribution in [0, 0.1) is 6.92 Å². The molecule has 1 saturated heterocycles. The maximum absolute atomic E-state index is 12.3. The highest BCUT2D eigenvalue weighted by atomic mass is 35.5. The highest BCUT2D eigenvalue weighted by molar-refractivity contribution is 7.07. The Morgan fingerprint density at radius 3 is 2.96 bits per heavy atom. The number of thiophene rings is 1. The molecule has 1 amide bonds. The van der Waals surface area contributed by atoms with Crippen molar-refractivity contribution < 1.29 is 4.79 Å². The summed E-state index contributed by atoms with van der Waals surface area (Å²) in [7, 11) is 0. The van der Waals surface area contributed by atoms with Crippen LogP contribution in [-0.2, 0) is 6.42 Å². The zero-order valence-corrected chi connectivity index (χ0v) is 14.8. The van der Waals surface area contributed by atoms with E-state index >= 15 is 0 Å². The van der Waals surface area contributed by atoms with Crippen molar-refractivity contribution in [1.82, 2.24) is 25.6 Å². The van der Waals surface area contributed by atoms with E-state index in [1.54, 1.807) is 11.3 Å². The van der Waals surface area contributed by atoms with E-state index in [4.69, 9.17) is 0 Å². The zero-order chi connectivity index (χ0) is 15.4. The summed E-state index contributed by atoms with van der Waals surface area (Å²) in [6, 6.07) is 2.43.